The summed E-state index contributed by atoms with van der Waals surface area (Å²) in [4.78, 5) is 38.9. The van der Waals surface area contributed by atoms with Crippen LogP contribution in [0.15, 0.2) is 54.6 Å². The molecule has 0 aromatic heterocycles. The van der Waals surface area contributed by atoms with Gasteiger partial charge >= 0.3 is 18.2 Å². The maximum Gasteiger partial charge on any atom is 0.410 e. The van der Waals surface area contributed by atoms with Crippen LogP contribution in [-0.2, 0) is 32.2 Å². The van der Waals surface area contributed by atoms with Crippen molar-refractivity contribution in [3.05, 3.63) is 65.7 Å². The van der Waals surface area contributed by atoms with Crippen LogP contribution in [0.4, 0.5) is 9.59 Å². The molecule has 2 N–H and O–H groups in total. The first-order valence-electron chi connectivity index (χ1n) is 11.4. The lowest BCUT2D eigenvalue weighted by Gasteiger charge is -2.31. The molecule has 0 aliphatic rings. The van der Waals surface area contributed by atoms with Gasteiger partial charge in [-0.2, -0.15) is 0 Å². The van der Waals surface area contributed by atoms with Gasteiger partial charge in [-0.05, 0) is 44.0 Å². The molecule has 0 heterocycles. The normalized spacial score (nSPS) is 12.6. The maximum atomic E-state index is 12.9. The van der Waals surface area contributed by atoms with E-state index in [1.807, 2.05) is 6.07 Å². The number of aliphatic hydroxyl groups is 1. The Labute approximate surface area is 211 Å². The minimum Gasteiger partial charge on any atom is -0.497 e. The third kappa shape index (κ3) is 9.46. The van der Waals surface area contributed by atoms with Crippen LogP contribution in [0.25, 0.3) is 0 Å². The molecular weight excluding hydrogens is 468 g/mol. The molecule has 10 heteroatoms. The molecule has 2 aromatic rings. The van der Waals surface area contributed by atoms with Gasteiger partial charge in [0.1, 0.15) is 24.1 Å². The fourth-order valence-electron chi connectivity index (χ4n) is 3.14. The second kappa shape index (κ2) is 13.3. The van der Waals surface area contributed by atoms with Crippen LogP contribution in [0.5, 0.6) is 5.75 Å². The molecule has 0 fully saturated rings. The number of methoxy groups -OCH3 is 2. The third-order valence-corrected chi connectivity index (χ3v) is 4.92. The van der Waals surface area contributed by atoms with Crippen LogP contribution >= 0.6 is 0 Å². The van der Waals surface area contributed by atoms with E-state index in [1.165, 1.54) is 4.90 Å². The molecule has 0 unspecified atom stereocenters. The van der Waals surface area contributed by atoms with E-state index in [0.717, 1.165) is 18.2 Å². The summed E-state index contributed by atoms with van der Waals surface area (Å²) in [5.41, 5.74) is 0.693. The van der Waals surface area contributed by atoms with Crippen molar-refractivity contribution in [2.75, 3.05) is 20.8 Å². The van der Waals surface area contributed by atoms with Crippen molar-refractivity contribution >= 4 is 18.2 Å². The van der Waals surface area contributed by atoms with Crippen molar-refractivity contribution in [2.45, 2.75) is 51.7 Å². The van der Waals surface area contributed by atoms with E-state index in [4.69, 9.17) is 18.9 Å². The minimum atomic E-state index is -1.52. The monoisotopic (exact) mass is 502 g/mol. The van der Waals surface area contributed by atoms with Gasteiger partial charge < -0.3 is 34.3 Å². The van der Waals surface area contributed by atoms with Crippen molar-refractivity contribution in [3.63, 3.8) is 0 Å². The molecule has 196 valence electrons. The predicted molar refractivity (Wildman–Crippen MR) is 131 cm³/mol. The molecule has 0 radical (unpaired) electrons. The van der Waals surface area contributed by atoms with Gasteiger partial charge in [0.25, 0.3) is 0 Å². The molecule has 0 aliphatic carbocycles. The summed E-state index contributed by atoms with van der Waals surface area (Å²) in [5.74, 6) is -0.251. The molecule has 2 aromatic carbocycles. The molecule has 36 heavy (non-hydrogen) atoms. The van der Waals surface area contributed by atoms with E-state index < -0.39 is 35.9 Å². The number of benzene rings is 2. The van der Waals surface area contributed by atoms with Crippen molar-refractivity contribution < 1.29 is 38.4 Å². The Kier molecular flexibility index (Phi) is 10.5. The Bertz CT molecular complexity index is 989. The summed E-state index contributed by atoms with van der Waals surface area (Å²) >= 11 is 0. The van der Waals surface area contributed by atoms with Crippen molar-refractivity contribution in [3.8, 4) is 5.75 Å². The fraction of sp³-hybridized carbons (Fsp3) is 0.423. The highest BCUT2D eigenvalue weighted by Gasteiger charge is 2.34. The molecule has 0 aliphatic heterocycles. The summed E-state index contributed by atoms with van der Waals surface area (Å²) in [6.45, 7) is 4.86. The molecule has 0 saturated carbocycles. The Morgan fingerprint density at radius 3 is 2.17 bits per heavy atom. The Morgan fingerprint density at radius 2 is 1.61 bits per heavy atom. The lowest BCUT2D eigenvalue weighted by Crippen LogP contribution is -2.54. The van der Waals surface area contributed by atoms with Crippen LogP contribution in [-0.4, -0.2) is 66.7 Å². The van der Waals surface area contributed by atoms with Crippen LogP contribution in [0.2, 0.25) is 0 Å². The number of carbonyl (C=O) groups is 3. The number of aliphatic hydroxyl groups excluding tert-OH is 1. The summed E-state index contributed by atoms with van der Waals surface area (Å²) in [6, 6.07) is 14.5. The van der Waals surface area contributed by atoms with Gasteiger partial charge in [-0.15, -0.1) is 0 Å². The van der Waals surface area contributed by atoms with E-state index in [0.29, 0.717) is 5.75 Å². The number of amides is 2. The molecule has 10 nitrogen and oxygen atoms in total. The van der Waals surface area contributed by atoms with Crippen LogP contribution in [0.1, 0.15) is 31.9 Å². The number of rotatable bonds is 10. The number of hydrogen-bond donors (Lipinski definition) is 2. The van der Waals surface area contributed by atoms with Crippen molar-refractivity contribution in [1.82, 2.24) is 10.2 Å². The molecule has 0 saturated heterocycles. The highest BCUT2D eigenvalue weighted by Crippen LogP contribution is 2.17. The van der Waals surface area contributed by atoms with Crippen molar-refractivity contribution in [1.29, 1.82) is 0 Å². The average Bonchev–Trinajstić information content (AvgIpc) is 2.85. The Balaban J connectivity index is 2.14. The van der Waals surface area contributed by atoms with E-state index in [9.17, 15) is 19.5 Å². The SMILES string of the molecule is COC(=O)[C@@H](NC(=O)OCc1ccccc1)[C@H](O)CN(Cc1ccc(OC)cc1)C(=O)OC(C)(C)C. The number of hydrogen-bond acceptors (Lipinski definition) is 8. The van der Waals surface area contributed by atoms with Gasteiger partial charge in [0, 0.05) is 6.54 Å². The summed E-state index contributed by atoms with van der Waals surface area (Å²) < 4.78 is 20.5. The van der Waals surface area contributed by atoms with Gasteiger partial charge in [0.05, 0.1) is 20.8 Å². The summed E-state index contributed by atoms with van der Waals surface area (Å²) in [5, 5.41) is 13.2. The zero-order valence-corrected chi connectivity index (χ0v) is 21.2. The van der Waals surface area contributed by atoms with E-state index in [-0.39, 0.29) is 19.7 Å². The van der Waals surface area contributed by atoms with Crippen LogP contribution in [0.3, 0.4) is 0 Å². The predicted octanol–water partition coefficient (Wildman–Crippen LogP) is 3.26. The van der Waals surface area contributed by atoms with Gasteiger partial charge in [-0.3, -0.25) is 0 Å². The van der Waals surface area contributed by atoms with Gasteiger partial charge in [-0.1, -0.05) is 42.5 Å². The number of carbonyl (C=O) groups excluding carboxylic acids is 3. The molecule has 2 atom stereocenters. The number of alkyl carbamates (subject to hydrolysis) is 1. The second-order valence-corrected chi connectivity index (χ2v) is 8.98. The largest absolute Gasteiger partial charge is 0.497 e. The molecule has 2 rings (SSSR count). The topological polar surface area (TPSA) is 124 Å². The minimum absolute atomic E-state index is 0.0296. The second-order valence-electron chi connectivity index (χ2n) is 8.98. The van der Waals surface area contributed by atoms with Crippen LogP contribution in [0, 0.1) is 0 Å². The Hall–Kier alpha value is -3.79. The zero-order valence-electron chi connectivity index (χ0n) is 21.2. The first-order chi connectivity index (χ1) is 17.0. The average molecular weight is 503 g/mol. The first kappa shape index (κ1) is 28.4. The maximum absolute atomic E-state index is 12.9. The lowest BCUT2D eigenvalue weighted by atomic mass is 10.1. The smallest absolute Gasteiger partial charge is 0.410 e. The van der Waals surface area contributed by atoms with Crippen molar-refractivity contribution in [2.24, 2.45) is 0 Å². The number of nitrogens with zero attached hydrogens (tertiary/aromatic N) is 1. The van der Waals surface area contributed by atoms with E-state index in [1.54, 1.807) is 76.4 Å². The highest BCUT2D eigenvalue weighted by molar-refractivity contribution is 5.82. The molecular formula is C26H34N2O8. The number of esters is 1. The lowest BCUT2D eigenvalue weighted by molar-refractivity contribution is -0.146. The van der Waals surface area contributed by atoms with E-state index in [2.05, 4.69) is 5.32 Å². The number of nitrogens with one attached hydrogen (secondary N) is 1. The summed E-state index contributed by atoms with van der Waals surface area (Å²) in [6.07, 6.45) is -3.15. The first-order valence-corrected chi connectivity index (χ1v) is 11.4. The van der Waals surface area contributed by atoms with Gasteiger partial charge in [0.15, 0.2) is 6.04 Å². The van der Waals surface area contributed by atoms with E-state index >= 15 is 0 Å². The zero-order chi connectivity index (χ0) is 26.7. The fourth-order valence-corrected chi connectivity index (χ4v) is 3.14. The molecule has 0 spiro atoms. The van der Waals surface area contributed by atoms with Crippen LogP contribution < -0.4 is 10.1 Å². The molecule has 2 amide bonds. The van der Waals surface area contributed by atoms with Gasteiger partial charge in [0.2, 0.25) is 0 Å². The summed E-state index contributed by atoms with van der Waals surface area (Å²) in [7, 11) is 2.67. The van der Waals surface area contributed by atoms with Gasteiger partial charge in [-0.25, -0.2) is 14.4 Å². The molecule has 0 bridgehead atoms. The quantitative estimate of drug-likeness (QED) is 0.375. The standard InChI is InChI=1S/C26H34N2O8/c1-26(2,3)36-25(32)28(15-18-11-13-20(33-4)14-12-18)16-21(29)22(23(30)34-5)27-24(31)35-17-19-9-7-6-8-10-19/h6-14,21-22,29H,15-17H2,1-5H3,(H,27,31)/t21-,22+/m1/s1. The number of ether oxygens (including phenoxy) is 4. The Morgan fingerprint density at radius 1 is 0.972 bits per heavy atom. The highest BCUT2D eigenvalue weighted by atomic mass is 16.6. The third-order valence-electron chi connectivity index (χ3n) is 4.92.